The van der Waals surface area contributed by atoms with Crippen molar-refractivity contribution in [1.29, 1.82) is 0 Å². The van der Waals surface area contributed by atoms with Crippen LogP contribution in [0.25, 0.3) is 0 Å². The maximum atomic E-state index is 13.1. The van der Waals surface area contributed by atoms with Gasteiger partial charge >= 0.3 is 0 Å². The van der Waals surface area contributed by atoms with Gasteiger partial charge in [-0.15, -0.1) is 5.10 Å². The summed E-state index contributed by atoms with van der Waals surface area (Å²) >= 11 is 11.4. The summed E-state index contributed by atoms with van der Waals surface area (Å²) in [6, 6.07) is 10.2. The van der Waals surface area contributed by atoms with Crippen molar-refractivity contribution in [2.45, 2.75) is 20.4 Å². The van der Waals surface area contributed by atoms with Gasteiger partial charge in [-0.25, -0.2) is 14.1 Å². The number of halogens is 2. The molecule has 0 atom stereocenters. The maximum Gasteiger partial charge on any atom is 0.248 e. The molecule has 0 bridgehead atoms. The van der Waals surface area contributed by atoms with Gasteiger partial charge in [-0.05, 0) is 61.0 Å². The standard InChI is InChI=1S/C18H17ClFN5S/c1-11-4-3-5-16(12(11)2)22-18(26)23-17-21-10-25(24-17)9-13-6-7-14(20)8-15(13)19/h3-8,10H,9H2,1-2H3,(H2,22,23,24,26). The molecule has 0 aliphatic carbocycles. The van der Waals surface area contributed by atoms with Gasteiger partial charge < -0.3 is 5.32 Å². The van der Waals surface area contributed by atoms with Crippen LogP contribution < -0.4 is 10.6 Å². The first kappa shape index (κ1) is 18.3. The van der Waals surface area contributed by atoms with Crippen LogP contribution in [0.2, 0.25) is 5.02 Å². The van der Waals surface area contributed by atoms with Gasteiger partial charge in [0.15, 0.2) is 5.11 Å². The van der Waals surface area contributed by atoms with Crippen LogP contribution in [-0.2, 0) is 6.54 Å². The minimum atomic E-state index is -0.373. The highest BCUT2D eigenvalue weighted by molar-refractivity contribution is 7.80. The van der Waals surface area contributed by atoms with Crippen LogP contribution in [0.5, 0.6) is 0 Å². The van der Waals surface area contributed by atoms with Gasteiger partial charge in [0.2, 0.25) is 5.95 Å². The molecule has 2 N–H and O–H groups in total. The van der Waals surface area contributed by atoms with Crippen LogP contribution in [0.1, 0.15) is 16.7 Å². The number of hydrogen-bond acceptors (Lipinski definition) is 3. The van der Waals surface area contributed by atoms with E-state index in [0.717, 1.165) is 16.8 Å². The SMILES string of the molecule is Cc1cccc(NC(=S)Nc2ncn(Cc3ccc(F)cc3Cl)n2)c1C. The van der Waals surface area contributed by atoms with Gasteiger partial charge in [-0.2, -0.15) is 0 Å². The van der Waals surface area contributed by atoms with Gasteiger partial charge in [-0.3, -0.25) is 5.32 Å². The van der Waals surface area contributed by atoms with Crippen molar-refractivity contribution in [2.24, 2.45) is 0 Å². The number of hydrogen-bond donors (Lipinski definition) is 2. The van der Waals surface area contributed by atoms with Crippen molar-refractivity contribution < 1.29 is 4.39 Å². The van der Waals surface area contributed by atoms with E-state index in [1.54, 1.807) is 17.1 Å². The number of rotatable bonds is 4. The summed E-state index contributed by atoms with van der Waals surface area (Å²) in [7, 11) is 0. The first-order chi connectivity index (χ1) is 12.4. The molecule has 26 heavy (non-hydrogen) atoms. The third-order valence-electron chi connectivity index (χ3n) is 3.96. The Morgan fingerprint density at radius 2 is 2.04 bits per heavy atom. The first-order valence-corrected chi connectivity index (χ1v) is 8.68. The van der Waals surface area contributed by atoms with Crippen molar-refractivity contribution in [3.63, 3.8) is 0 Å². The summed E-state index contributed by atoms with van der Waals surface area (Å²) in [4.78, 5) is 4.18. The Balaban J connectivity index is 1.64. The first-order valence-electron chi connectivity index (χ1n) is 7.90. The Morgan fingerprint density at radius 3 is 2.81 bits per heavy atom. The predicted octanol–water partition coefficient (Wildman–Crippen LogP) is 4.54. The third-order valence-corrected chi connectivity index (χ3v) is 4.52. The van der Waals surface area contributed by atoms with Crippen LogP contribution in [0.3, 0.4) is 0 Å². The zero-order valence-corrected chi connectivity index (χ0v) is 15.8. The molecule has 3 aromatic rings. The molecule has 3 rings (SSSR count). The number of anilines is 2. The molecular formula is C18H17ClFN5S. The monoisotopic (exact) mass is 389 g/mol. The Morgan fingerprint density at radius 1 is 1.23 bits per heavy atom. The van der Waals surface area contributed by atoms with E-state index in [9.17, 15) is 4.39 Å². The molecule has 0 aliphatic heterocycles. The number of benzene rings is 2. The molecule has 8 heteroatoms. The molecule has 0 fully saturated rings. The van der Waals surface area contributed by atoms with Gasteiger partial charge in [0.1, 0.15) is 12.1 Å². The summed E-state index contributed by atoms with van der Waals surface area (Å²) in [6.07, 6.45) is 1.56. The molecule has 1 aromatic heterocycles. The highest BCUT2D eigenvalue weighted by Crippen LogP contribution is 2.19. The van der Waals surface area contributed by atoms with E-state index in [0.29, 0.717) is 22.6 Å². The largest absolute Gasteiger partial charge is 0.332 e. The lowest BCUT2D eigenvalue weighted by molar-refractivity contribution is 0.624. The second kappa shape index (κ2) is 7.80. The number of thiocarbonyl (C=S) groups is 1. The zero-order chi connectivity index (χ0) is 18.7. The van der Waals surface area contributed by atoms with Crippen LogP contribution in [-0.4, -0.2) is 19.9 Å². The summed E-state index contributed by atoms with van der Waals surface area (Å²) in [5, 5.41) is 11.1. The molecule has 0 aliphatic rings. The van der Waals surface area contributed by atoms with Crippen molar-refractivity contribution >= 4 is 40.6 Å². The molecule has 2 aromatic carbocycles. The maximum absolute atomic E-state index is 13.1. The molecular weight excluding hydrogens is 373 g/mol. The zero-order valence-electron chi connectivity index (χ0n) is 14.3. The third kappa shape index (κ3) is 4.36. The van der Waals surface area contributed by atoms with Crippen LogP contribution in [0.4, 0.5) is 16.0 Å². The number of nitrogens with one attached hydrogen (secondary N) is 2. The second-order valence-corrected chi connectivity index (χ2v) is 6.64. The van der Waals surface area contributed by atoms with Gasteiger partial charge in [0.05, 0.1) is 6.54 Å². The van der Waals surface area contributed by atoms with Gasteiger partial charge in [0, 0.05) is 10.7 Å². The van der Waals surface area contributed by atoms with E-state index in [1.807, 2.05) is 32.0 Å². The highest BCUT2D eigenvalue weighted by Gasteiger charge is 2.08. The predicted molar refractivity (Wildman–Crippen MR) is 106 cm³/mol. The minimum Gasteiger partial charge on any atom is -0.332 e. The molecule has 0 radical (unpaired) electrons. The fraction of sp³-hybridized carbons (Fsp3) is 0.167. The van der Waals surface area contributed by atoms with Crippen molar-refractivity contribution in [1.82, 2.24) is 14.8 Å². The van der Waals surface area contributed by atoms with Gasteiger partial charge in [0.25, 0.3) is 0 Å². The van der Waals surface area contributed by atoms with Gasteiger partial charge in [-0.1, -0.05) is 29.8 Å². The van der Waals surface area contributed by atoms with E-state index in [1.165, 1.54) is 17.7 Å². The van der Waals surface area contributed by atoms with Crippen LogP contribution in [0, 0.1) is 19.7 Å². The van der Waals surface area contributed by atoms with Crippen molar-refractivity contribution in [3.8, 4) is 0 Å². The highest BCUT2D eigenvalue weighted by atomic mass is 35.5. The number of aromatic nitrogens is 3. The Hall–Kier alpha value is -2.51. The van der Waals surface area contributed by atoms with Crippen molar-refractivity contribution in [2.75, 3.05) is 10.6 Å². The normalized spacial score (nSPS) is 10.6. The Kier molecular flexibility index (Phi) is 5.49. The molecule has 0 amide bonds. The molecule has 5 nitrogen and oxygen atoms in total. The number of aryl methyl sites for hydroxylation is 1. The summed E-state index contributed by atoms with van der Waals surface area (Å²) in [5.41, 5.74) is 3.98. The summed E-state index contributed by atoms with van der Waals surface area (Å²) in [5.74, 6) is -0.00592. The lowest BCUT2D eigenvalue weighted by Gasteiger charge is -2.12. The lowest BCUT2D eigenvalue weighted by Crippen LogP contribution is -2.20. The van der Waals surface area contributed by atoms with E-state index in [2.05, 4.69) is 20.7 Å². The quantitative estimate of drug-likeness (QED) is 0.641. The Labute approximate surface area is 161 Å². The fourth-order valence-corrected chi connectivity index (χ4v) is 2.82. The van der Waals surface area contributed by atoms with E-state index in [4.69, 9.17) is 23.8 Å². The minimum absolute atomic E-state index is 0.349. The van der Waals surface area contributed by atoms with E-state index in [-0.39, 0.29) is 5.82 Å². The molecule has 0 saturated heterocycles. The average molecular weight is 390 g/mol. The molecule has 0 saturated carbocycles. The van der Waals surface area contributed by atoms with E-state index >= 15 is 0 Å². The topological polar surface area (TPSA) is 54.8 Å². The molecule has 0 spiro atoms. The van der Waals surface area contributed by atoms with Crippen molar-refractivity contribution in [3.05, 3.63) is 70.3 Å². The molecule has 0 unspecified atom stereocenters. The lowest BCUT2D eigenvalue weighted by atomic mass is 10.1. The average Bonchev–Trinajstić information content (AvgIpc) is 3.01. The number of nitrogens with zero attached hydrogens (tertiary/aromatic N) is 3. The summed E-state index contributed by atoms with van der Waals surface area (Å²) in [6.45, 7) is 4.45. The summed E-state index contributed by atoms with van der Waals surface area (Å²) < 4.78 is 14.7. The van der Waals surface area contributed by atoms with Crippen LogP contribution >= 0.6 is 23.8 Å². The fourth-order valence-electron chi connectivity index (χ4n) is 2.39. The second-order valence-electron chi connectivity index (χ2n) is 5.83. The Bertz CT molecular complexity index is 957. The van der Waals surface area contributed by atoms with E-state index < -0.39 is 0 Å². The smallest absolute Gasteiger partial charge is 0.248 e. The molecule has 1 heterocycles. The molecule has 134 valence electrons. The van der Waals surface area contributed by atoms with Crippen LogP contribution in [0.15, 0.2) is 42.7 Å².